The van der Waals surface area contributed by atoms with Gasteiger partial charge in [-0.3, -0.25) is 14.5 Å². The van der Waals surface area contributed by atoms with E-state index in [4.69, 9.17) is 9.15 Å². The van der Waals surface area contributed by atoms with Gasteiger partial charge >= 0.3 is 4.87 Å². The highest BCUT2D eigenvalue weighted by Crippen LogP contribution is 2.33. The third-order valence-electron chi connectivity index (χ3n) is 9.28. The summed E-state index contributed by atoms with van der Waals surface area (Å²) in [4.78, 5) is 31.9. The predicted molar refractivity (Wildman–Crippen MR) is 177 cm³/mol. The Morgan fingerprint density at radius 1 is 1.07 bits per heavy atom. The number of phenols is 1. The number of piperidine rings is 1. The van der Waals surface area contributed by atoms with Crippen molar-refractivity contribution in [2.24, 2.45) is 0 Å². The van der Waals surface area contributed by atoms with E-state index in [1.807, 2.05) is 29.2 Å². The number of furan rings is 1. The van der Waals surface area contributed by atoms with Crippen LogP contribution in [0.1, 0.15) is 46.0 Å². The van der Waals surface area contributed by atoms with Crippen molar-refractivity contribution >= 4 is 38.4 Å². The minimum Gasteiger partial charge on any atom is -0.506 e. The molecule has 1 atom stereocenters. The molecular formula is C35H38N4O6S. The van der Waals surface area contributed by atoms with E-state index < -0.39 is 6.10 Å². The number of aliphatic hydroxyl groups excluding tert-OH is 1. The fraction of sp³-hybridized carbons (Fsp3) is 0.371. The fourth-order valence-electron chi connectivity index (χ4n) is 6.75. The quantitative estimate of drug-likeness (QED) is 0.174. The standard InChI is InChI=1S/C35H38N4O6S/c40-28-6-5-27(32-31(28)37-34(43)46-32)29(41)20-36-12-8-23-2-1-3-24(18-23)21-38-13-10-35(11-14-38)22-39(15-17-45-35)33(42)26-4-7-30-25(19-26)9-16-44-30/h1-7,9,16,18-19,29,36,40-41H,8,10-15,17,20-22H2,(H,37,43)/t29-/m0/s1. The van der Waals surface area contributed by atoms with E-state index in [9.17, 15) is 19.8 Å². The maximum Gasteiger partial charge on any atom is 0.305 e. The van der Waals surface area contributed by atoms with E-state index in [1.165, 1.54) is 17.2 Å². The van der Waals surface area contributed by atoms with Crippen LogP contribution in [-0.4, -0.2) is 82.4 Å². The summed E-state index contributed by atoms with van der Waals surface area (Å²) >= 11 is 0.992. The van der Waals surface area contributed by atoms with Crippen LogP contribution in [-0.2, 0) is 17.7 Å². The number of rotatable bonds is 9. The molecule has 11 heteroatoms. The minimum atomic E-state index is -0.798. The molecule has 2 aliphatic rings. The summed E-state index contributed by atoms with van der Waals surface area (Å²) in [6.45, 7) is 5.49. The Bertz CT molecular complexity index is 1910. The number of benzene rings is 3. The third kappa shape index (κ3) is 6.47. The molecule has 2 aromatic heterocycles. The van der Waals surface area contributed by atoms with Gasteiger partial charge in [0.1, 0.15) is 16.8 Å². The summed E-state index contributed by atoms with van der Waals surface area (Å²) in [5.41, 5.74) is 4.65. The zero-order valence-electron chi connectivity index (χ0n) is 25.5. The van der Waals surface area contributed by atoms with Crippen molar-refractivity contribution < 1.29 is 24.2 Å². The molecule has 2 aliphatic heterocycles. The lowest BCUT2D eigenvalue weighted by atomic mass is 9.88. The minimum absolute atomic E-state index is 0.00225. The number of ether oxygens (including phenoxy) is 1. The second kappa shape index (κ2) is 13.0. The summed E-state index contributed by atoms with van der Waals surface area (Å²) in [6.07, 6.45) is 3.43. The van der Waals surface area contributed by atoms with Crippen molar-refractivity contribution in [3.63, 3.8) is 0 Å². The Kier molecular flexibility index (Phi) is 8.67. The van der Waals surface area contributed by atoms with Gasteiger partial charge in [0, 0.05) is 49.2 Å². The lowest BCUT2D eigenvalue weighted by molar-refractivity contribution is -0.127. The molecule has 2 saturated heterocycles. The molecule has 7 rings (SSSR count). The number of carbonyl (C=O) groups is 1. The first-order valence-electron chi connectivity index (χ1n) is 15.8. The first-order valence-corrected chi connectivity index (χ1v) is 16.6. The maximum absolute atomic E-state index is 13.4. The van der Waals surface area contributed by atoms with Gasteiger partial charge in [0.15, 0.2) is 0 Å². The Hall–Kier alpha value is -4.00. The smallest absolute Gasteiger partial charge is 0.305 e. The molecule has 3 aromatic carbocycles. The highest BCUT2D eigenvalue weighted by atomic mass is 32.1. The van der Waals surface area contributed by atoms with Gasteiger partial charge in [-0.15, -0.1) is 0 Å². The number of nitrogens with one attached hydrogen (secondary N) is 2. The average Bonchev–Trinajstić information content (AvgIpc) is 3.71. The SMILES string of the molecule is O=C(c1ccc2occc2c1)N1CCOC2(CCN(Cc3cccc(CCNC[C@H](O)c4ccc(O)c5[nH]c(=O)sc45)c3)CC2)C1. The summed E-state index contributed by atoms with van der Waals surface area (Å²) in [7, 11) is 0. The van der Waals surface area contributed by atoms with E-state index >= 15 is 0 Å². The van der Waals surface area contributed by atoms with Crippen LogP contribution >= 0.6 is 11.3 Å². The van der Waals surface area contributed by atoms with Gasteiger partial charge in [-0.2, -0.15) is 0 Å². The van der Waals surface area contributed by atoms with Crippen molar-refractivity contribution in [3.05, 3.63) is 98.8 Å². The summed E-state index contributed by atoms with van der Waals surface area (Å²) in [5.74, 6) is 0.0492. The third-order valence-corrected chi connectivity index (χ3v) is 10.2. The number of nitrogens with zero attached hydrogens (tertiary/aromatic N) is 2. The van der Waals surface area contributed by atoms with E-state index in [2.05, 4.69) is 39.5 Å². The van der Waals surface area contributed by atoms with Gasteiger partial charge in [0.2, 0.25) is 0 Å². The van der Waals surface area contributed by atoms with Gasteiger partial charge < -0.3 is 34.6 Å². The number of phenolic OH excluding ortho intramolecular Hbond substituents is 1. The molecule has 2 fully saturated rings. The Morgan fingerprint density at radius 2 is 1.91 bits per heavy atom. The molecule has 10 nitrogen and oxygen atoms in total. The number of fused-ring (bicyclic) bond motifs is 2. The predicted octanol–water partition coefficient (Wildman–Crippen LogP) is 4.41. The van der Waals surface area contributed by atoms with Crippen LogP contribution in [0.25, 0.3) is 21.2 Å². The summed E-state index contributed by atoms with van der Waals surface area (Å²) < 4.78 is 12.4. The Labute approximate surface area is 270 Å². The van der Waals surface area contributed by atoms with Gasteiger partial charge in [0.25, 0.3) is 5.91 Å². The van der Waals surface area contributed by atoms with Gasteiger partial charge in [-0.25, -0.2) is 0 Å². The lowest BCUT2D eigenvalue weighted by Gasteiger charge is -2.47. The van der Waals surface area contributed by atoms with E-state index in [0.717, 1.165) is 61.2 Å². The molecule has 0 saturated carbocycles. The zero-order chi connectivity index (χ0) is 31.7. The number of hydrogen-bond donors (Lipinski definition) is 4. The van der Waals surface area contributed by atoms with Crippen molar-refractivity contribution in [2.75, 3.05) is 45.9 Å². The first-order chi connectivity index (χ1) is 22.4. The second-order valence-corrected chi connectivity index (χ2v) is 13.4. The summed E-state index contributed by atoms with van der Waals surface area (Å²) in [6, 6.07) is 19.3. The molecule has 240 valence electrons. The van der Waals surface area contributed by atoms with Crippen LogP contribution in [0.2, 0.25) is 0 Å². The fourth-order valence-corrected chi connectivity index (χ4v) is 7.66. The molecule has 1 spiro atoms. The molecule has 5 aromatic rings. The summed E-state index contributed by atoms with van der Waals surface area (Å²) in [5, 5.41) is 25.0. The number of carbonyl (C=O) groups excluding carboxylic acids is 1. The topological polar surface area (TPSA) is 131 Å². The number of morpholine rings is 1. The number of aromatic amines is 1. The lowest BCUT2D eigenvalue weighted by Crippen LogP contribution is -2.57. The molecule has 1 amide bonds. The van der Waals surface area contributed by atoms with Gasteiger partial charge in [0.05, 0.1) is 35.8 Å². The molecule has 0 aliphatic carbocycles. The molecule has 4 heterocycles. The largest absolute Gasteiger partial charge is 0.506 e. The number of thiazole rings is 1. The molecule has 0 bridgehead atoms. The van der Waals surface area contributed by atoms with Gasteiger partial charge in [-0.05, 0) is 67.3 Å². The van der Waals surface area contributed by atoms with Crippen LogP contribution in [0.15, 0.2) is 76.1 Å². The van der Waals surface area contributed by atoms with Crippen LogP contribution < -0.4 is 10.2 Å². The van der Waals surface area contributed by atoms with E-state index in [-0.39, 0.29) is 22.1 Å². The maximum atomic E-state index is 13.4. The Balaban J connectivity index is 0.886. The molecule has 0 unspecified atom stereocenters. The van der Waals surface area contributed by atoms with Crippen LogP contribution in [0.3, 0.4) is 0 Å². The van der Waals surface area contributed by atoms with E-state index in [1.54, 1.807) is 12.3 Å². The number of aliphatic hydroxyl groups is 1. The van der Waals surface area contributed by atoms with Crippen LogP contribution in [0.5, 0.6) is 5.75 Å². The first kappa shape index (κ1) is 30.6. The normalized spacial score (nSPS) is 17.6. The number of aromatic nitrogens is 1. The highest BCUT2D eigenvalue weighted by Gasteiger charge is 2.41. The number of aromatic hydroxyl groups is 1. The molecule has 46 heavy (non-hydrogen) atoms. The van der Waals surface area contributed by atoms with Crippen molar-refractivity contribution in [3.8, 4) is 5.75 Å². The van der Waals surface area contributed by atoms with Crippen LogP contribution in [0, 0.1) is 0 Å². The second-order valence-electron chi connectivity index (χ2n) is 12.4. The number of likely N-dealkylation sites (tertiary alicyclic amines) is 1. The van der Waals surface area contributed by atoms with Crippen LogP contribution in [0.4, 0.5) is 0 Å². The molecule has 4 N–H and O–H groups in total. The number of H-pyrrole nitrogens is 1. The monoisotopic (exact) mass is 642 g/mol. The van der Waals surface area contributed by atoms with Gasteiger partial charge in [-0.1, -0.05) is 41.7 Å². The van der Waals surface area contributed by atoms with Crippen molar-refractivity contribution in [1.82, 2.24) is 20.1 Å². The average molecular weight is 643 g/mol. The number of hydrogen-bond acceptors (Lipinski definition) is 9. The highest BCUT2D eigenvalue weighted by molar-refractivity contribution is 7.16. The Morgan fingerprint density at radius 3 is 2.78 bits per heavy atom. The molecule has 0 radical (unpaired) electrons. The number of amides is 1. The zero-order valence-corrected chi connectivity index (χ0v) is 26.4. The van der Waals surface area contributed by atoms with Crippen molar-refractivity contribution in [2.45, 2.75) is 37.5 Å². The van der Waals surface area contributed by atoms with E-state index in [0.29, 0.717) is 54.1 Å². The van der Waals surface area contributed by atoms with Crippen molar-refractivity contribution in [1.29, 1.82) is 0 Å². The molecular weight excluding hydrogens is 604 g/mol.